The molecule has 0 radical (unpaired) electrons. The second kappa shape index (κ2) is 6.82. The molecule has 0 spiro atoms. The van der Waals surface area contributed by atoms with Crippen molar-refractivity contribution < 1.29 is 9.72 Å². The van der Waals surface area contributed by atoms with Gasteiger partial charge in [-0.3, -0.25) is 24.3 Å². The van der Waals surface area contributed by atoms with Gasteiger partial charge < -0.3 is 5.32 Å². The quantitative estimate of drug-likeness (QED) is 0.564. The van der Waals surface area contributed by atoms with Crippen molar-refractivity contribution in [2.24, 2.45) is 0 Å². The molecule has 3 rings (SSSR count). The first-order chi connectivity index (χ1) is 12.5. The van der Waals surface area contributed by atoms with Gasteiger partial charge >= 0.3 is 0 Å². The summed E-state index contributed by atoms with van der Waals surface area (Å²) in [5.41, 5.74) is 0.506. The van der Waals surface area contributed by atoms with Gasteiger partial charge in [-0.1, -0.05) is 0 Å². The molecule has 0 saturated heterocycles. The fourth-order valence-electron chi connectivity index (χ4n) is 2.36. The fraction of sp³-hybridized carbons (Fsp3) is 0.0588. The third-order valence-corrected chi connectivity index (χ3v) is 3.63. The first-order valence-electron chi connectivity index (χ1n) is 7.41. The maximum atomic E-state index is 12.4. The zero-order valence-corrected chi connectivity index (χ0v) is 13.2. The van der Waals surface area contributed by atoms with E-state index in [1.807, 2.05) is 6.07 Å². The summed E-state index contributed by atoms with van der Waals surface area (Å²) >= 11 is 0. The third kappa shape index (κ3) is 3.39. The molecule has 1 heterocycles. The second-order valence-electron chi connectivity index (χ2n) is 5.37. The molecule has 9 heteroatoms. The van der Waals surface area contributed by atoms with E-state index in [1.54, 1.807) is 24.3 Å². The number of anilines is 1. The summed E-state index contributed by atoms with van der Waals surface area (Å²) in [4.78, 5) is 38.8. The highest BCUT2D eigenvalue weighted by Crippen LogP contribution is 2.16. The number of hydrogen-bond acceptors (Lipinski definition) is 6. The van der Waals surface area contributed by atoms with E-state index >= 15 is 0 Å². The van der Waals surface area contributed by atoms with Crippen LogP contribution < -0.4 is 10.9 Å². The summed E-state index contributed by atoms with van der Waals surface area (Å²) in [5.74, 6) is -0.445. The molecular weight excluding hydrogens is 338 g/mol. The van der Waals surface area contributed by atoms with Gasteiger partial charge in [0.05, 0.1) is 33.8 Å². The second-order valence-corrected chi connectivity index (χ2v) is 5.37. The van der Waals surface area contributed by atoms with E-state index in [0.29, 0.717) is 11.3 Å². The third-order valence-electron chi connectivity index (χ3n) is 3.63. The van der Waals surface area contributed by atoms with E-state index in [-0.39, 0.29) is 23.1 Å². The standard InChI is InChI=1S/C17H11N5O4/c18-8-11-1-3-12(4-2-11)20-16(23)9-21-10-19-15-7-13(22(25)26)5-6-14(15)17(21)24/h1-7,10H,9H2,(H,20,23). The number of carbonyl (C=O) groups excluding carboxylic acids is 1. The summed E-state index contributed by atoms with van der Waals surface area (Å²) in [6.45, 7) is -0.265. The van der Waals surface area contributed by atoms with Crippen LogP contribution in [-0.2, 0) is 11.3 Å². The highest BCUT2D eigenvalue weighted by Gasteiger charge is 2.12. The smallest absolute Gasteiger partial charge is 0.271 e. The van der Waals surface area contributed by atoms with E-state index in [4.69, 9.17) is 5.26 Å². The Balaban J connectivity index is 1.81. The Hall–Kier alpha value is -4.06. The zero-order valence-electron chi connectivity index (χ0n) is 13.2. The molecule has 0 fully saturated rings. The van der Waals surface area contributed by atoms with Gasteiger partial charge in [0.15, 0.2) is 0 Å². The number of fused-ring (bicyclic) bond motifs is 1. The Morgan fingerprint density at radius 1 is 1.27 bits per heavy atom. The van der Waals surface area contributed by atoms with Crippen molar-refractivity contribution in [3.8, 4) is 6.07 Å². The average molecular weight is 349 g/mol. The summed E-state index contributed by atoms with van der Waals surface area (Å²) in [6.07, 6.45) is 1.17. The predicted molar refractivity (Wildman–Crippen MR) is 92.4 cm³/mol. The van der Waals surface area contributed by atoms with Crippen LogP contribution in [0.1, 0.15) is 5.56 Å². The Bertz CT molecular complexity index is 1110. The summed E-state index contributed by atoms with van der Waals surface area (Å²) in [5, 5.41) is 22.3. The summed E-state index contributed by atoms with van der Waals surface area (Å²) in [6, 6.07) is 12.0. The van der Waals surface area contributed by atoms with Crippen LogP contribution in [0.4, 0.5) is 11.4 Å². The molecule has 0 bridgehead atoms. The van der Waals surface area contributed by atoms with Gasteiger partial charge in [0.1, 0.15) is 6.54 Å². The van der Waals surface area contributed by atoms with Gasteiger partial charge in [0.2, 0.25) is 5.91 Å². The normalized spacial score (nSPS) is 10.3. The lowest BCUT2D eigenvalue weighted by Crippen LogP contribution is -2.27. The fourth-order valence-corrected chi connectivity index (χ4v) is 2.36. The van der Waals surface area contributed by atoms with Crippen LogP contribution in [-0.4, -0.2) is 20.4 Å². The van der Waals surface area contributed by atoms with Crippen LogP contribution in [0.5, 0.6) is 0 Å². The van der Waals surface area contributed by atoms with Crippen LogP contribution in [0, 0.1) is 21.4 Å². The maximum Gasteiger partial charge on any atom is 0.271 e. The van der Waals surface area contributed by atoms with Crippen LogP contribution in [0.15, 0.2) is 53.6 Å². The number of nitriles is 1. The molecule has 9 nitrogen and oxygen atoms in total. The van der Waals surface area contributed by atoms with Crippen molar-refractivity contribution in [3.63, 3.8) is 0 Å². The number of amides is 1. The maximum absolute atomic E-state index is 12.4. The van der Waals surface area contributed by atoms with Crippen LogP contribution in [0.3, 0.4) is 0 Å². The monoisotopic (exact) mass is 349 g/mol. The van der Waals surface area contributed by atoms with Crippen LogP contribution >= 0.6 is 0 Å². The number of nitro groups is 1. The number of non-ortho nitro benzene ring substituents is 1. The number of nitro benzene ring substituents is 1. The first kappa shape index (κ1) is 16.8. The minimum Gasteiger partial charge on any atom is -0.325 e. The molecule has 0 unspecified atom stereocenters. The van der Waals surface area contributed by atoms with Gasteiger partial charge in [0, 0.05) is 17.8 Å². The molecule has 3 aromatic rings. The zero-order chi connectivity index (χ0) is 18.7. The molecular formula is C17H11N5O4. The molecule has 1 amide bonds. The number of nitrogens with zero attached hydrogens (tertiary/aromatic N) is 4. The van der Waals surface area contributed by atoms with Crippen LogP contribution in [0.25, 0.3) is 10.9 Å². The van der Waals surface area contributed by atoms with Crippen molar-refractivity contribution in [2.45, 2.75) is 6.54 Å². The first-order valence-corrected chi connectivity index (χ1v) is 7.41. The van der Waals surface area contributed by atoms with Crippen molar-refractivity contribution in [1.29, 1.82) is 5.26 Å². The molecule has 1 aromatic heterocycles. The Labute approximate surface area is 146 Å². The average Bonchev–Trinajstić information content (AvgIpc) is 2.64. The van der Waals surface area contributed by atoms with Crippen molar-refractivity contribution in [1.82, 2.24) is 9.55 Å². The number of benzene rings is 2. The van der Waals surface area contributed by atoms with Crippen molar-refractivity contribution in [2.75, 3.05) is 5.32 Å². The summed E-state index contributed by atoms with van der Waals surface area (Å²) in [7, 11) is 0. The molecule has 0 aliphatic heterocycles. The molecule has 0 aliphatic rings. The topological polar surface area (TPSA) is 131 Å². The van der Waals surface area contributed by atoms with E-state index < -0.39 is 16.4 Å². The number of carbonyl (C=O) groups is 1. The van der Waals surface area contributed by atoms with E-state index in [0.717, 1.165) is 4.57 Å². The molecule has 0 atom stereocenters. The van der Waals surface area contributed by atoms with Gasteiger partial charge in [-0.25, -0.2) is 4.98 Å². The van der Waals surface area contributed by atoms with Gasteiger partial charge in [0.25, 0.3) is 11.2 Å². The highest BCUT2D eigenvalue weighted by molar-refractivity contribution is 5.90. The number of rotatable bonds is 4. The molecule has 2 aromatic carbocycles. The lowest BCUT2D eigenvalue weighted by atomic mass is 10.2. The van der Waals surface area contributed by atoms with Gasteiger partial charge in [-0.05, 0) is 30.3 Å². The largest absolute Gasteiger partial charge is 0.325 e. The van der Waals surface area contributed by atoms with Gasteiger partial charge in [-0.2, -0.15) is 5.26 Å². The molecule has 1 N–H and O–H groups in total. The molecule has 0 saturated carbocycles. The Morgan fingerprint density at radius 3 is 2.65 bits per heavy atom. The molecule has 128 valence electrons. The number of aromatic nitrogens is 2. The number of nitrogens with one attached hydrogen (secondary N) is 1. The lowest BCUT2D eigenvalue weighted by molar-refractivity contribution is -0.384. The number of hydrogen-bond donors (Lipinski definition) is 1. The van der Waals surface area contributed by atoms with Crippen LogP contribution in [0.2, 0.25) is 0 Å². The van der Waals surface area contributed by atoms with E-state index in [9.17, 15) is 19.7 Å². The van der Waals surface area contributed by atoms with Crippen molar-refractivity contribution in [3.05, 3.63) is 74.8 Å². The Morgan fingerprint density at radius 2 is 2.00 bits per heavy atom. The van der Waals surface area contributed by atoms with Gasteiger partial charge in [-0.15, -0.1) is 0 Å². The minimum atomic E-state index is -0.572. The van der Waals surface area contributed by atoms with E-state index in [2.05, 4.69) is 10.3 Å². The molecule has 0 aliphatic carbocycles. The summed E-state index contributed by atoms with van der Waals surface area (Å²) < 4.78 is 1.12. The Kier molecular flexibility index (Phi) is 4.40. The van der Waals surface area contributed by atoms with Crippen molar-refractivity contribution >= 4 is 28.2 Å². The predicted octanol–water partition coefficient (Wildman–Crippen LogP) is 1.82. The van der Waals surface area contributed by atoms with E-state index in [1.165, 1.54) is 24.5 Å². The SMILES string of the molecule is N#Cc1ccc(NC(=O)Cn2cnc3cc([N+](=O)[O-])ccc3c2=O)cc1. The molecule has 26 heavy (non-hydrogen) atoms. The highest BCUT2D eigenvalue weighted by atomic mass is 16.6. The lowest BCUT2D eigenvalue weighted by Gasteiger charge is -2.08. The minimum absolute atomic E-state index is 0.166.